The third-order valence-electron chi connectivity index (χ3n) is 2.45. The Morgan fingerprint density at radius 2 is 2.18 bits per heavy atom. The summed E-state index contributed by atoms with van der Waals surface area (Å²) in [6.07, 6.45) is 0.955. The van der Waals surface area contributed by atoms with E-state index in [1.807, 2.05) is 0 Å². The lowest BCUT2D eigenvalue weighted by atomic mass is 10.1. The zero-order chi connectivity index (χ0) is 12.8. The lowest BCUT2D eigenvalue weighted by Crippen LogP contribution is -2.05. The van der Waals surface area contributed by atoms with Crippen molar-refractivity contribution in [2.75, 3.05) is 19.0 Å². The van der Waals surface area contributed by atoms with Gasteiger partial charge in [0.2, 0.25) is 0 Å². The van der Waals surface area contributed by atoms with E-state index >= 15 is 0 Å². The molecule has 0 aromatic heterocycles. The maximum Gasteiger partial charge on any atom is 0.337 e. The number of hydrogen-bond donors (Lipinski definition) is 2. The predicted molar refractivity (Wildman–Crippen MR) is 67.9 cm³/mol. The summed E-state index contributed by atoms with van der Waals surface area (Å²) in [5.74, 6) is 0.219. The molecule has 0 radical (unpaired) electrons. The topological polar surface area (TPSA) is 58.6 Å². The molecule has 0 heterocycles. The fourth-order valence-electron chi connectivity index (χ4n) is 1.42. The minimum Gasteiger partial charge on any atom is -0.494 e. The molecule has 0 bridgehead atoms. The van der Waals surface area contributed by atoms with E-state index in [1.165, 1.54) is 0 Å². The van der Waals surface area contributed by atoms with E-state index in [4.69, 9.17) is 9.84 Å². The van der Waals surface area contributed by atoms with Gasteiger partial charge in [-0.3, -0.25) is 0 Å². The molecular formula is C13H19NO3. The predicted octanol–water partition coefficient (Wildman–Crippen LogP) is 2.85. The molecule has 17 heavy (non-hydrogen) atoms. The second kappa shape index (κ2) is 6.13. The van der Waals surface area contributed by atoms with Crippen LogP contribution in [0.3, 0.4) is 0 Å². The first-order chi connectivity index (χ1) is 8.04. The van der Waals surface area contributed by atoms with E-state index in [0.29, 0.717) is 24.0 Å². The molecule has 1 aromatic carbocycles. The summed E-state index contributed by atoms with van der Waals surface area (Å²) in [5, 5.41) is 11.9. The van der Waals surface area contributed by atoms with Crippen molar-refractivity contribution in [2.24, 2.45) is 5.92 Å². The van der Waals surface area contributed by atoms with Gasteiger partial charge in [0.15, 0.2) is 0 Å². The number of nitrogens with one attached hydrogen (secondary N) is 1. The summed E-state index contributed by atoms with van der Waals surface area (Å²) in [7, 11) is 1.70. The van der Waals surface area contributed by atoms with Gasteiger partial charge in [-0.1, -0.05) is 13.8 Å². The zero-order valence-electron chi connectivity index (χ0n) is 10.5. The third kappa shape index (κ3) is 3.98. The lowest BCUT2D eigenvalue weighted by Gasteiger charge is -2.11. The fraction of sp³-hybridized carbons (Fsp3) is 0.462. The summed E-state index contributed by atoms with van der Waals surface area (Å²) in [6, 6.07) is 5.04. The number of anilines is 1. The number of benzene rings is 1. The average Bonchev–Trinajstić information content (AvgIpc) is 2.28. The van der Waals surface area contributed by atoms with Gasteiger partial charge in [0, 0.05) is 12.7 Å². The first kappa shape index (κ1) is 13.4. The molecule has 0 amide bonds. The smallest absolute Gasteiger partial charge is 0.337 e. The molecule has 0 atom stereocenters. The first-order valence-corrected chi connectivity index (χ1v) is 5.72. The van der Waals surface area contributed by atoms with E-state index in [1.54, 1.807) is 25.2 Å². The molecule has 4 nitrogen and oxygen atoms in total. The highest BCUT2D eigenvalue weighted by Crippen LogP contribution is 2.22. The van der Waals surface area contributed by atoms with Crippen LogP contribution in [0.4, 0.5) is 5.69 Å². The molecule has 0 aliphatic carbocycles. The van der Waals surface area contributed by atoms with Crippen molar-refractivity contribution in [3.63, 3.8) is 0 Å². The minimum absolute atomic E-state index is 0.231. The summed E-state index contributed by atoms with van der Waals surface area (Å²) >= 11 is 0. The molecule has 0 saturated carbocycles. The van der Waals surface area contributed by atoms with Crippen molar-refractivity contribution in [3.05, 3.63) is 23.8 Å². The fourth-order valence-corrected chi connectivity index (χ4v) is 1.42. The van der Waals surface area contributed by atoms with Crippen LogP contribution in [-0.4, -0.2) is 24.7 Å². The van der Waals surface area contributed by atoms with Crippen LogP contribution in [0.5, 0.6) is 5.75 Å². The van der Waals surface area contributed by atoms with Crippen molar-refractivity contribution in [1.82, 2.24) is 0 Å². The second-order valence-electron chi connectivity index (χ2n) is 4.29. The number of carboxylic acid groups (broad SMARTS) is 1. The van der Waals surface area contributed by atoms with Crippen molar-refractivity contribution in [3.8, 4) is 5.75 Å². The van der Waals surface area contributed by atoms with Crippen LogP contribution in [0.15, 0.2) is 18.2 Å². The van der Waals surface area contributed by atoms with Crippen molar-refractivity contribution in [1.29, 1.82) is 0 Å². The monoisotopic (exact) mass is 237 g/mol. The van der Waals surface area contributed by atoms with Crippen LogP contribution in [0.2, 0.25) is 0 Å². The molecule has 0 saturated heterocycles. The molecule has 0 aliphatic heterocycles. The highest BCUT2D eigenvalue weighted by molar-refractivity contribution is 5.94. The van der Waals surface area contributed by atoms with Gasteiger partial charge < -0.3 is 15.2 Å². The van der Waals surface area contributed by atoms with Gasteiger partial charge >= 0.3 is 5.97 Å². The van der Waals surface area contributed by atoms with Crippen molar-refractivity contribution >= 4 is 11.7 Å². The first-order valence-electron chi connectivity index (χ1n) is 5.72. The number of ether oxygens (including phenoxy) is 1. The van der Waals surface area contributed by atoms with Crippen molar-refractivity contribution < 1.29 is 14.6 Å². The van der Waals surface area contributed by atoms with Crippen LogP contribution in [-0.2, 0) is 0 Å². The maximum absolute atomic E-state index is 11.0. The zero-order valence-corrected chi connectivity index (χ0v) is 10.5. The van der Waals surface area contributed by atoms with Crippen LogP contribution < -0.4 is 10.1 Å². The Hall–Kier alpha value is -1.71. The van der Waals surface area contributed by atoms with E-state index in [-0.39, 0.29) is 5.56 Å². The number of rotatable bonds is 6. The van der Waals surface area contributed by atoms with Crippen molar-refractivity contribution in [2.45, 2.75) is 20.3 Å². The normalized spacial score (nSPS) is 10.4. The second-order valence-corrected chi connectivity index (χ2v) is 4.29. The number of carbonyl (C=O) groups is 1. The molecule has 0 unspecified atom stereocenters. The van der Waals surface area contributed by atoms with E-state index in [0.717, 1.165) is 6.42 Å². The third-order valence-corrected chi connectivity index (χ3v) is 2.45. The van der Waals surface area contributed by atoms with Gasteiger partial charge in [-0.25, -0.2) is 4.79 Å². The van der Waals surface area contributed by atoms with Crippen LogP contribution in [0, 0.1) is 5.92 Å². The lowest BCUT2D eigenvalue weighted by molar-refractivity contribution is 0.0697. The Labute approximate surface area is 102 Å². The van der Waals surface area contributed by atoms with E-state index in [9.17, 15) is 4.79 Å². The van der Waals surface area contributed by atoms with E-state index < -0.39 is 5.97 Å². The maximum atomic E-state index is 11.0. The van der Waals surface area contributed by atoms with Gasteiger partial charge in [0.25, 0.3) is 0 Å². The molecule has 94 valence electrons. The molecule has 2 N–H and O–H groups in total. The summed E-state index contributed by atoms with van der Waals surface area (Å²) in [5.41, 5.74) is 0.822. The largest absolute Gasteiger partial charge is 0.494 e. The summed E-state index contributed by atoms with van der Waals surface area (Å²) in [4.78, 5) is 11.0. The minimum atomic E-state index is -0.955. The van der Waals surface area contributed by atoms with Gasteiger partial charge in [0.1, 0.15) is 5.75 Å². The average molecular weight is 237 g/mol. The number of aromatic carboxylic acids is 1. The van der Waals surface area contributed by atoms with Gasteiger partial charge in [-0.2, -0.15) is 0 Å². The Bertz CT molecular complexity index is 388. The van der Waals surface area contributed by atoms with Gasteiger partial charge in [-0.05, 0) is 30.5 Å². The molecule has 0 spiro atoms. The highest BCUT2D eigenvalue weighted by atomic mass is 16.5. The standard InChI is InChI=1S/C13H19NO3/c1-9(2)6-7-17-10-4-5-12(14-3)11(8-10)13(15)16/h4-5,8-9,14H,6-7H2,1-3H3,(H,15,16). The van der Waals surface area contributed by atoms with Crippen LogP contribution in [0.25, 0.3) is 0 Å². The van der Waals surface area contributed by atoms with Gasteiger partial charge in [-0.15, -0.1) is 0 Å². The van der Waals surface area contributed by atoms with Gasteiger partial charge in [0.05, 0.1) is 12.2 Å². The van der Waals surface area contributed by atoms with Crippen LogP contribution >= 0.6 is 0 Å². The number of hydrogen-bond acceptors (Lipinski definition) is 3. The van der Waals surface area contributed by atoms with Crippen LogP contribution in [0.1, 0.15) is 30.6 Å². The quantitative estimate of drug-likeness (QED) is 0.798. The SMILES string of the molecule is CNc1ccc(OCCC(C)C)cc1C(=O)O. The Balaban J connectivity index is 2.74. The molecule has 0 aliphatic rings. The Morgan fingerprint density at radius 3 is 2.71 bits per heavy atom. The number of carboxylic acids is 1. The highest BCUT2D eigenvalue weighted by Gasteiger charge is 2.10. The molecule has 1 rings (SSSR count). The molecule has 4 heteroatoms. The van der Waals surface area contributed by atoms with E-state index in [2.05, 4.69) is 19.2 Å². The summed E-state index contributed by atoms with van der Waals surface area (Å²) in [6.45, 7) is 4.85. The molecule has 1 aromatic rings. The summed E-state index contributed by atoms with van der Waals surface area (Å²) < 4.78 is 5.52. The Morgan fingerprint density at radius 1 is 1.47 bits per heavy atom. The molecular weight excluding hydrogens is 218 g/mol. The molecule has 0 fully saturated rings. The Kier molecular flexibility index (Phi) is 4.82.